The Morgan fingerprint density at radius 1 is 0.811 bits per heavy atom. The highest BCUT2D eigenvalue weighted by atomic mass is 32.2. The van der Waals surface area contributed by atoms with E-state index >= 15 is 0 Å². The van der Waals surface area contributed by atoms with Crippen LogP contribution in [0.4, 0.5) is 0 Å². The molecule has 6 heteroatoms. The van der Waals surface area contributed by atoms with Gasteiger partial charge >= 0.3 is 0 Å². The number of hydrogen-bond acceptors (Lipinski definition) is 5. The lowest BCUT2D eigenvalue weighted by Gasteiger charge is -2.16. The van der Waals surface area contributed by atoms with Gasteiger partial charge in [0, 0.05) is 18.7 Å². The molecule has 0 aliphatic carbocycles. The predicted molar refractivity (Wildman–Crippen MR) is 146 cm³/mol. The molecule has 190 valence electrons. The van der Waals surface area contributed by atoms with Gasteiger partial charge in [0.1, 0.15) is 18.1 Å². The lowest BCUT2D eigenvalue weighted by molar-refractivity contribution is 0.296. The highest BCUT2D eigenvalue weighted by Gasteiger charge is 2.24. The number of sulfone groups is 1. The summed E-state index contributed by atoms with van der Waals surface area (Å²) in [5, 5.41) is 0. The molecule has 0 unspecified atom stereocenters. The maximum absolute atomic E-state index is 13.8. The quantitative estimate of drug-likeness (QED) is 0.312. The van der Waals surface area contributed by atoms with Crippen LogP contribution in [-0.4, -0.2) is 40.6 Å². The largest absolute Gasteiger partial charge is 0.496 e. The van der Waals surface area contributed by atoms with Crippen LogP contribution in [0.2, 0.25) is 0 Å². The van der Waals surface area contributed by atoms with E-state index in [9.17, 15) is 8.42 Å². The van der Waals surface area contributed by atoms with Gasteiger partial charge in [-0.15, -0.1) is 0 Å². The Bertz CT molecular complexity index is 1480. The van der Waals surface area contributed by atoms with Crippen LogP contribution in [-0.2, 0) is 29.3 Å². The average molecular weight is 514 g/mol. The summed E-state index contributed by atoms with van der Waals surface area (Å²) in [5.74, 6) is 1.35. The first-order valence-corrected chi connectivity index (χ1v) is 13.9. The lowest BCUT2D eigenvalue weighted by atomic mass is 9.93. The molecule has 1 heterocycles. The minimum Gasteiger partial charge on any atom is -0.496 e. The summed E-state index contributed by atoms with van der Waals surface area (Å²) in [7, 11) is 0.0296. The molecule has 0 bridgehead atoms. The van der Waals surface area contributed by atoms with Crippen LogP contribution in [0.25, 0.3) is 11.1 Å². The molecule has 5 rings (SSSR count). The number of benzene rings is 4. The van der Waals surface area contributed by atoms with Crippen molar-refractivity contribution in [3.05, 3.63) is 108 Å². The molecular weight excluding hydrogens is 482 g/mol. The Hall–Kier alpha value is -3.61. The first kappa shape index (κ1) is 25.1. The van der Waals surface area contributed by atoms with Crippen molar-refractivity contribution >= 4 is 9.84 Å². The molecule has 1 aliphatic heterocycles. The highest BCUT2D eigenvalue weighted by molar-refractivity contribution is 7.91. The molecule has 0 N–H and O–H groups in total. The Morgan fingerprint density at radius 2 is 1.51 bits per heavy atom. The SMILES string of the molecule is COc1ccccc1COc1ccc(S(=O)(=O)c2cc3c(c(-c4ccccc4)c2)CCN(C)CC3)cc1. The molecular formula is C31H31NO4S. The smallest absolute Gasteiger partial charge is 0.206 e. The average Bonchev–Trinajstić information content (AvgIpc) is 3.13. The number of nitrogens with zero attached hydrogens (tertiary/aromatic N) is 1. The third-order valence-corrected chi connectivity index (χ3v) is 8.69. The fourth-order valence-corrected chi connectivity index (χ4v) is 6.15. The van der Waals surface area contributed by atoms with Crippen LogP contribution in [0.3, 0.4) is 0 Å². The zero-order valence-electron chi connectivity index (χ0n) is 21.2. The van der Waals surface area contributed by atoms with E-state index < -0.39 is 9.84 Å². The molecule has 0 amide bonds. The second kappa shape index (κ2) is 10.8. The Kier molecular flexibility index (Phi) is 7.31. The Morgan fingerprint density at radius 3 is 2.27 bits per heavy atom. The van der Waals surface area contributed by atoms with Crippen molar-refractivity contribution in [1.29, 1.82) is 0 Å². The first-order chi connectivity index (χ1) is 18.0. The van der Waals surface area contributed by atoms with E-state index in [0.717, 1.165) is 53.9 Å². The summed E-state index contributed by atoms with van der Waals surface area (Å²) >= 11 is 0. The number of methoxy groups -OCH3 is 1. The van der Waals surface area contributed by atoms with Crippen molar-refractivity contribution < 1.29 is 17.9 Å². The van der Waals surface area contributed by atoms with E-state index in [-0.39, 0.29) is 4.90 Å². The van der Waals surface area contributed by atoms with Gasteiger partial charge in [-0.2, -0.15) is 0 Å². The fourth-order valence-electron chi connectivity index (χ4n) is 4.81. The van der Waals surface area contributed by atoms with Crippen molar-refractivity contribution in [1.82, 2.24) is 4.90 Å². The molecule has 4 aromatic rings. The zero-order valence-corrected chi connectivity index (χ0v) is 22.0. The normalized spacial score (nSPS) is 14.0. The molecule has 0 radical (unpaired) electrons. The van der Waals surface area contributed by atoms with E-state index in [1.54, 1.807) is 31.4 Å². The predicted octanol–water partition coefficient (Wildman–Crippen LogP) is 5.80. The van der Waals surface area contributed by atoms with E-state index in [4.69, 9.17) is 9.47 Å². The van der Waals surface area contributed by atoms with Crippen molar-refractivity contribution in [2.75, 3.05) is 27.2 Å². The van der Waals surface area contributed by atoms with Crippen molar-refractivity contribution in [2.45, 2.75) is 29.2 Å². The number of rotatable bonds is 7. The third-order valence-electron chi connectivity index (χ3n) is 6.94. The second-order valence-electron chi connectivity index (χ2n) is 9.35. The standard InChI is InChI=1S/C31H31NO4S/c1-32-18-16-24-20-28(21-30(29(24)17-19-32)23-8-4-3-5-9-23)37(33,34)27-14-12-26(13-15-27)36-22-25-10-6-7-11-31(25)35-2/h3-15,20-21H,16-19,22H2,1-2H3. The van der Waals surface area contributed by atoms with Crippen LogP contribution in [0.1, 0.15) is 16.7 Å². The van der Waals surface area contributed by atoms with Crippen molar-refractivity contribution in [3.63, 3.8) is 0 Å². The van der Waals surface area contributed by atoms with Gasteiger partial charge < -0.3 is 14.4 Å². The third kappa shape index (κ3) is 5.41. The number of hydrogen-bond donors (Lipinski definition) is 0. The van der Waals surface area contributed by atoms with Crippen LogP contribution in [0.15, 0.2) is 101 Å². The minimum absolute atomic E-state index is 0.252. The van der Waals surface area contributed by atoms with Crippen LogP contribution < -0.4 is 9.47 Å². The van der Waals surface area contributed by atoms with Gasteiger partial charge in [0.15, 0.2) is 0 Å². The van der Waals surface area contributed by atoms with E-state index in [1.807, 2.05) is 54.6 Å². The highest BCUT2D eigenvalue weighted by Crippen LogP contribution is 2.34. The van der Waals surface area contributed by atoms with Crippen LogP contribution >= 0.6 is 0 Å². The topological polar surface area (TPSA) is 55.8 Å². The second-order valence-corrected chi connectivity index (χ2v) is 11.3. The van der Waals surface area contributed by atoms with Crippen LogP contribution in [0, 0.1) is 0 Å². The van der Waals surface area contributed by atoms with Gasteiger partial charge in [-0.1, -0.05) is 48.5 Å². The molecule has 0 fully saturated rings. The first-order valence-electron chi connectivity index (χ1n) is 12.5. The fraction of sp³-hybridized carbons (Fsp3) is 0.226. The number of ether oxygens (including phenoxy) is 2. The maximum Gasteiger partial charge on any atom is 0.206 e. The minimum atomic E-state index is -3.71. The summed E-state index contributed by atoms with van der Waals surface area (Å²) < 4.78 is 38.8. The van der Waals surface area contributed by atoms with Crippen LogP contribution in [0.5, 0.6) is 11.5 Å². The molecule has 0 saturated carbocycles. The maximum atomic E-state index is 13.8. The van der Waals surface area contributed by atoms with Crippen molar-refractivity contribution in [2.24, 2.45) is 0 Å². The molecule has 1 aliphatic rings. The molecule has 0 atom stereocenters. The van der Waals surface area contributed by atoms with Gasteiger partial charge in [-0.25, -0.2) is 8.42 Å². The summed E-state index contributed by atoms with van der Waals surface area (Å²) in [4.78, 5) is 2.88. The lowest BCUT2D eigenvalue weighted by Crippen LogP contribution is -2.20. The summed E-state index contributed by atoms with van der Waals surface area (Å²) in [5.41, 5.74) is 5.32. The van der Waals surface area contributed by atoms with E-state index in [1.165, 1.54) is 5.56 Å². The number of likely N-dealkylation sites (N-methyl/N-ethyl adjacent to an activating group) is 1. The van der Waals surface area contributed by atoms with E-state index in [0.29, 0.717) is 17.3 Å². The Labute approximate surface area is 219 Å². The molecule has 4 aromatic carbocycles. The Balaban J connectivity index is 1.45. The van der Waals surface area contributed by atoms with Gasteiger partial charge in [0.05, 0.1) is 16.9 Å². The number of fused-ring (bicyclic) bond motifs is 1. The number of para-hydroxylation sites is 1. The summed E-state index contributed by atoms with van der Waals surface area (Å²) in [6, 6.07) is 28.1. The van der Waals surface area contributed by atoms with Crippen molar-refractivity contribution in [3.8, 4) is 22.6 Å². The molecule has 0 saturated heterocycles. The van der Waals surface area contributed by atoms with Gasteiger partial charge in [-0.3, -0.25) is 0 Å². The zero-order chi connectivity index (χ0) is 25.8. The van der Waals surface area contributed by atoms with Gasteiger partial charge in [0.2, 0.25) is 9.84 Å². The molecule has 5 nitrogen and oxygen atoms in total. The molecule has 0 spiro atoms. The molecule has 37 heavy (non-hydrogen) atoms. The monoisotopic (exact) mass is 513 g/mol. The summed E-state index contributed by atoms with van der Waals surface area (Å²) in [6.07, 6.45) is 1.72. The van der Waals surface area contributed by atoms with Gasteiger partial charge in [-0.05, 0) is 84.6 Å². The summed E-state index contributed by atoms with van der Waals surface area (Å²) in [6.45, 7) is 2.19. The molecule has 0 aromatic heterocycles. The van der Waals surface area contributed by atoms with Gasteiger partial charge in [0.25, 0.3) is 0 Å². The van der Waals surface area contributed by atoms with E-state index in [2.05, 4.69) is 24.1 Å².